The lowest BCUT2D eigenvalue weighted by Crippen LogP contribution is -2.40. The largest absolute Gasteiger partial charge is 0.481 e. The first-order valence-electron chi connectivity index (χ1n) is 10.0. The average molecular weight is 392 g/mol. The summed E-state index contributed by atoms with van der Waals surface area (Å²) in [7, 11) is 0. The molecule has 1 aliphatic carbocycles. The van der Waals surface area contributed by atoms with Gasteiger partial charge in [-0.05, 0) is 55.0 Å². The van der Waals surface area contributed by atoms with E-state index in [0.717, 1.165) is 6.42 Å². The molecule has 0 aromatic heterocycles. The van der Waals surface area contributed by atoms with Gasteiger partial charge in [0, 0.05) is 30.3 Å². The van der Waals surface area contributed by atoms with E-state index in [4.69, 9.17) is 5.11 Å². The van der Waals surface area contributed by atoms with Crippen LogP contribution in [-0.4, -0.2) is 40.9 Å². The van der Waals surface area contributed by atoms with E-state index in [1.165, 1.54) is 5.56 Å². The molecule has 2 fully saturated rings. The van der Waals surface area contributed by atoms with Gasteiger partial charge >= 0.3 is 5.97 Å². The van der Waals surface area contributed by atoms with E-state index in [0.29, 0.717) is 37.2 Å². The minimum absolute atomic E-state index is 0.00533. The highest BCUT2D eigenvalue weighted by Crippen LogP contribution is 2.47. The number of amides is 2. The van der Waals surface area contributed by atoms with Gasteiger partial charge in [0.25, 0.3) is 5.91 Å². The zero-order valence-corrected chi connectivity index (χ0v) is 16.1. The molecule has 2 aliphatic rings. The molecule has 2 amide bonds. The monoisotopic (exact) mass is 392 g/mol. The highest BCUT2D eigenvalue weighted by atomic mass is 16.4. The molecular formula is C23H24N2O4. The van der Waals surface area contributed by atoms with E-state index >= 15 is 0 Å². The molecular weight excluding hydrogens is 368 g/mol. The highest BCUT2D eigenvalue weighted by Gasteiger charge is 2.43. The molecule has 6 heteroatoms. The number of carbonyl (C=O) groups excluding carboxylic acids is 2. The van der Waals surface area contributed by atoms with E-state index in [1.54, 1.807) is 29.2 Å². The van der Waals surface area contributed by atoms with Gasteiger partial charge in [0.15, 0.2) is 0 Å². The van der Waals surface area contributed by atoms with Crippen molar-refractivity contribution in [1.29, 1.82) is 0 Å². The Balaban J connectivity index is 1.31. The number of carboxylic acids is 1. The highest BCUT2D eigenvalue weighted by molar-refractivity contribution is 5.97. The average Bonchev–Trinajstić information content (AvgIpc) is 3.56. The van der Waals surface area contributed by atoms with Crippen LogP contribution >= 0.6 is 0 Å². The Morgan fingerprint density at radius 2 is 1.59 bits per heavy atom. The van der Waals surface area contributed by atoms with Gasteiger partial charge in [-0.1, -0.05) is 30.3 Å². The summed E-state index contributed by atoms with van der Waals surface area (Å²) in [6.07, 6.45) is 1.83. The maximum absolute atomic E-state index is 12.6. The zero-order valence-electron chi connectivity index (χ0n) is 16.1. The van der Waals surface area contributed by atoms with Crippen molar-refractivity contribution in [3.05, 3.63) is 65.7 Å². The van der Waals surface area contributed by atoms with Crippen molar-refractivity contribution in [3.8, 4) is 0 Å². The number of rotatable bonds is 5. The number of piperidine rings is 1. The summed E-state index contributed by atoms with van der Waals surface area (Å²) in [5.41, 5.74) is 2.42. The fourth-order valence-corrected chi connectivity index (χ4v) is 4.00. The van der Waals surface area contributed by atoms with Crippen molar-refractivity contribution in [2.24, 2.45) is 11.8 Å². The number of benzene rings is 2. The third-order valence-corrected chi connectivity index (χ3v) is 5.89. The molecule has 29 heavy (non-hydrogen) atoms. The van der Waals surface area contributed by atoms with Crippen LogP contribution in [0.1, 0.15) is 41.1 Å². The summed E-state index contributed by atoms with van der Waals surface area (Å²) in [6, 6.07) is 17.0. The Hall–Kier alpha value is -3.15. The normalized spacial score (nSPS) is 21.4. The lowest BCUT2D eigenvalue weighted by Gasteiger charge is -2.30. The number of hydrogen-bond acceptors (Lipinski definition) is 3. The second-order valence-corrected chi connectivity index (χ2v) is 7.83. The number of carboxylic acid groups (broad SMARTS) is 1. The van der Waals surface area contributed by atoms with E-state index in [-0.39, 0.29) is 29.6 Å². The summed E-state index contributed by atoms with van der Waals surface area (Å²) < 4.78 is 0. The van der Waals surface area contributed by atoms with Crippen LogP contribution in [0.25, 0.3) is 0 Å². The Labute approximate surface area is 169 Å². The third kappa shape index (κ3) is 4.31. The van der Waals surface area contributed by atoms with Gasteiger partial charge < -0.3 is 15.3 Å². The number of anilines is 1. The van der Waals surface area contributed by atoms with Gasteiger partial charge in [-0.15, -0.1) is 0 Å². The predicted octanol–water partition coefficient (Wildman–Crippen LogP) is 3.37. The second-order valence-electron chi connectivity index (χ2n) is 7.83. The summed E-state index contributed by atoms with van der Waals surface area (Å²) in [6.45, 7) is 0.910. The van der Waals surface area contributed by atoms with Crippen molar-refractivity contribution in [3.63, 3.8) is 0 Å². The summed E-state index contributed by atoms with van der Waals surface area (Å²) in [5, 5.41) is 12.0. The first-order chi connectivity index (χ1) is 14.0. The molecule has 2 N–H and O–H groups in total. The Bertz CT molecular complexity index is 902. The van der Waals surface area contributed by atoms with E-state index in [2.05, 4.69) is 17.4 Å². The molecule has 0 spiro atoms. The predicted molar refractivity (Wildman–Crippen MR) is 109 cm³/mol. The number of likely N-dealkylation sites (tertiary alicyclic amines) is 1. The molecule has 1 heterocycles. The Kier molecular flexibility index (Phi) is 5.34. The van der Waals surface area contributed by atoms with E-state index in [9.17, 15) is 14.4 Å². The van der Waals surface area contributed by atoms with Gasteiger partial charge in [-0.2, -0.15) is 0 Å². The molecule has 150 valence electrons. The van der Waals surface area contributed by atoms with Gasteiger partial charge in [-0.3, -0.25) is 14.4 Å². The second kappa shape index (κ2) is 8.07. The molecule has 2 aromatic carbocycles. The smallest absolute Gasteiger partial charge is 0.306 e. The van der Waals surface area contributed by atoms with Crippen LogP contribution in [0.5, 0.6) is 0 Å². The van der Waals surface area contributed by atoms with Crippen LogP contribution in [0.15, 0.2) is 54.6 Å². The molecule has 0 unspecified atom stereocenters. The molecule has 1 saturated heterocycles. The van der Waals surface area contributed by atoms with Crippen molar-refractivity contribution < 1.29 is 19.5 Å². The fraction of sp³-hybridized carbons (Fsp3) is 0.348. The molecule has 6 nitrogen and oxygen atoms in total. The van der Waals surface area contributed by atoms with Crippen molar-refractivity contribution in [1.82, 2.24) is 4.90 Å². The SMILES string of the molecule is O=C(O)C1CCN(C(=O)c2ccc(NC(=O)[C@H]3C[C@H]3c3ccccc3)cc2)CC1. The molecule has 4 rings (SSSR count). The maximum atomic E-state index is 12.6. The maximum Gasteiger partial charge on any atom is 0.306 e. The molecule has 2 atom stereocenters. The fourth-order valence-electron chi connectivity index (χ4n) is 4.00. The van der Waals surface area contributed by atoms with Gasteiger partial charge in [0.1, 0.15) is 0 Å². The van der Waals surface area contributed by atoms with Crippen LogP contribution in [0.3, 0.4) is 0 Å². The minimum Gasteiger partial charge on any atom is -0.481 e. The Morgan fingerprint density at radius 3 is 2.21 bits per heavy atom. The lowest BCUT2D eigenvalue weighted by atomic mass is 9.96. The first-order valence-corrected chi connectivity index (χ1v) is 10.0. The number of nitrogens with one attached hydrogen (secondary N) is 1. The third-order valence-electron chi connectivity index (χ3n) is 5.89. The lowest BCUT2D eigenvalue weighted by molar-refractivity contribution is -0.143. The van der Waals surface area contributed by atoms with Crippen molar-refractivity contribution >= 4 is 23.5 Å². The van der Waals surface area contributed by atoms with Crippen LogP contribution in [0.4, 0.5) is 5.69 Å². The van der Waals surface area contributed by atoms with E-state index < -0.39 is 5.97 Å². The van der Waals surface area contributed by atoms with Crippen LogP contribution in [0.2, 0.25) is 0 Å². The number of nitrogens with zero attached hydrogens (tertiary/aromatic N) is 1. The van der Waals surface area contributed by atoms with Crippen molar-refractivity contribution in [2.75, 3.05) is 18.4 Å². The summed E-state index contributed by atoms with van der Waals surface area (Å²) in [4.78, 5) is 37.8. The number of aliphatic carboxylic acids is 1. The number of carbonyl (C=O) groups is 3. The molecule has 0 radical (unpaired) electrons. The zero-order chi connectivity index (χ0) is 20.4. The molecule has 1 aliphatic heterocycles. The molecule has 0 bridgehead atoms. The van der Waals surface area contributed by atoms with Gasteiger partial charge in [0.2, 0.25) is 5.91 Å². The molecule has 1 saturated carbocycles. The van der Waals surface area contributed by atoms with Gasteiger partial charge in [0.05, 0.1) is 5.92 Å². The quantitative estimate of drug-likeness (QED) is 0.817. The number of hydrogen-bond donors (Lipinski definition) is 2. The molecule has 2 aromatic rings. The Morgan fingerprint density at radius 1 is 0.931 bits per heavy atom. The van der Waals surface area contributed by atoms with E-state index in [1.807, 2.05) is 18.2 Å². The standard InChI is InChI=1S/C23H24N2O4/c26-21(20-14-19(20)15-4-2-1-3-5-15)24-18-8-6-16(7-9-18)22(27)25-12-10-17(11-13-25)23(28)29/h1-9,17,19-20H,10-14H2,(H,24,26)(H,28,29)/t19-,20-/m0/s1. The minimum atomic E-state index is -0.789. The first kappa shape index (κ1) is 19.2. The van der Waals surface area contributed by atoms with Crippen LogP contribution in [0, 0.1) is 11.8 Å². The van der Waals surface area contributed by atoms with Crippen LogP contribution in [-0.2, 0) is 9.59 Å². The summed E-state index contributed by atoms with van der Waals surface area (Å²) >= 11 is 0. The van der Waals surface area contributed by atoms with Crippen LogP contribution < -0.4 is 5.32 Å². The topological polar surface area (TPSA) is 86.7 Å². The van der Waals surface area contributed by atoms with Crippen molar-refractivity contribution in [2.45, 2.75) is 25.2 Å². The van der Waals surface area contributed by atoms with Gasteiger partial charge in [-0.25, -0.2) is 0 Å². The summed E-state index contributed by atoms with van der Waals surface area (Å²) in [5.74, 6) is -0.965.